The lowest BCUT2D eigenvalue weighted by Gasteiger charge is -2.14. The van der Waals surface area contributed by atoms with Crippen molar-refractivity contribution in [3.63, 3.8) is 0 Å². The number of benzene rings is 2. The summed E-state index contributed by atoms with van der Waals surface area (Å²) >= 11 is 1.92. The molecule has 11 heteroatoms. The molecule has 0 aliphatic carbocycles. The summed E-state index contributed by atoms with van der Waals surface area (Å²) in [6, 6.07) is 5.36. The van der Waals surface area contributed by atoms with Crippen LogP contribution in [0.4, 0.5) is 17.6 Å². The maximum Gasteiger partial charge on any atom is 0.343 e. The van der Waals surface area contributed by atoms with Gasteiger partial charge in [-0.25, -0.2) is 22.0 Å². The van der Waals surface area contributed by atoms with Crippen LogP contribution in [-0.4, -0.2) is 18.9 Å². The highest BCUT2D eigenvalue weighted by molar-refractivity contribution is 14.1. The van der Waals surface area contributed by atoms with Crippen LogP contribution in [0.2, 0.25) is 0 Å². The molecular weight excluding hydrogens is 471 g/mol. The molecule has 128 valence electrons. The molecule has 0 radical (unpaired) electrons. The van der Waals surface area contributed by atoms with Gasteiger partial charge in [0.25, 0.3) is 0 Å². The van der Waals surface area contributed by atoms with E-state index in [4.69, 9.17) is 0 Å². The molecule has 0 bridgehead atoms. The number of rotatable bonds is 3. The molecule has 5 nitrogen and oxygen atoms in total. The number of ether oxygens (including phenoxy) is 1. The fourth-order valence-electron chi connectivity index (χ4n) is 1.64. The molecule has 0 saturated carbocycles. The number of hydrogen-bond acceptors (Lipinski definition) is 5. The van der Waals surface area contributed by atoms with Crippen molar-refractivity contribution in [2.45, 2.75) is 4.90 Å². The smallest absolute Gasteiger partial charge is 0.343 e. The van der Waals surface area contributed by atoms with Crippen LogP contribution in [0.5, 0.6) is 5.75 Å². The van der Waals surface area contributed by atoms with Gasteiger partial charge in [-0.3, -0.25) is 0 Å². The van der Waals surface area contributed by atoms with E-state index >= 15 is 0 Å². The molecule has 2 aromatic carbocycles. The number of esters is 1. The summed E-state index contributed by atoms with van der Waals surface area (Å²) in [6.07, 6.45) is 0. The summed E-state index contributed by atoms with van der Waals surface area (Å²) < 4.78 is 91.6. The zero-order valence-electron chi connectivity index (χ0n) is 11.1. The predicted molar refractivity (Wildman–Crippen MR) is 78.4 cm³/mol. The van der Waals surface area contributed by atoms with E-state index in [1.54, 1.807) is 0 Å². The van der Waals surface area contributed by atoms with Crippen molar-refractivity contribution in [3.8, 4) is 5.75 Å². The molecule has 0 unspecified atom stereocenters. The summed E-state index contributed by atoms with van der Waals surface area (Å²) in [5.74, 6) is -12.7. The van der Waals surface area contributed by atoms with Crippen molar-refractivity contribution < 1.29 is 40.1 Å². The monoisotopic (exact) mass is 475 g/mol. The molecule has 0 heterocycles. The average molecular weight is 475 g/mol. The third-order valence-electron chi connectivity index (χ3n) is 2.71. The topological polar surface area (TPSA) is 83.5 Å². The second kappa shape index (κ2) is 6.64. The van der Waals surface area contributed by atoms with Crippen molar-refractivity contribution in [1.82, 2.24) is 0 Å². The maximum absolute atomic E-state index is 13.7. The zero-order valence-corrected chi connectivity index (χ0v) is 14.1. The van der Waals surface area contributed by atoms with Gasteiger partial charge in [0.1, 0.15) is 15.0 Å². The van der Waals surface area contributed by atoms with Gasteiger partial charge in [0.15, 0.2) is 11.6 Å². The van der Waals surface area contributed by atoms with Gasteiger partial charge in [-0.1, -0.05) is 0 Å². The number of carbonyl (C=O) groups is 1. The first-order valence-electron chi connectivity index (χ1n) is 5.83. The van der Waals surface area contributed by atoms with Gasteiger partial charge in [-0.05, 0) is 46.9 Å². The molecule has 2 rings (SSSR count). The minimum absolute atomic E-state index is 0.185. The van der Waals surface area contributed by atoms with Crippen LogP contribution in [0, 0.1) is 26.8 Å². The van der Waals surface area contributed by atoms with Gasteiger partial charge in [0.05, 0.1) is 5.56 Å². The molecule has 0 aliphatic rings. The molecule has 0 fully saturated rings. The highest BCUT2D eigenvalue weighted by Gasteiger charge is 2.31. The summed E-state index contributed by atoms with van der Waals surface area (Å²) in [6.45, 7) is 0. The lowest BCUT2D eigenvalue weighted by Crippen LogP contribution is -2.16. The quantitative estimate of drug-likeness (QED) is 0.170. The van der Waals surface area contributed by atoms with Gasteiger partial charge in [0, 0.05) is 3.57 Å². The molecular formula is C13H4F4IO5S-. The maximum atomic E-state index is 13.7. The Hall–Kier alpha value is -1.73. The SMILES string of the molecule is O=C(Oc1c(F)c(F)c(S(=O)(=O)[O-])c(F)c1F)c1ccc(I)cc1. The van der Waals surface area contributed by atoms with Gasteiger partial charge in [0.2, 0.25) is 17.4 Å². The Morgan fingerprint density at radius 3 is 1.83 bits per heavy atom. The van der Waals surface area contributed by atoms with E-state index in [1.165, 1.54) is 24.3 Å². The van der Waals surface area contributed by atoms with Crippen LogP contribution in [0.25, 0.3) is 0 Å². The Bertz CT molecular complexity index is 899. The van der Waals surface area contributed by atoms with E-state index < -0.39 is 50.0 Å². The van der Waals surface area contributed by atoms with Crippen molar-refractivity contribution in [2.24, 2.45) is 0 Å². The minimum atomic E-state index is -5.83. The van der Waals surface area contributed by atoms with E-state index in [0.29, 0.717) is 0 Å². The lowest BCUT2D eigenvalue weighted by atomic mass is 10.2. The molecule has 0 aliphatic heterocycles. The fourth-order valence-corrected chi connectivity index (χ4v) is 2.62. The molecule has 24 heavy (non-hydrogen) atoms. The third-order valence-corrected chi connectivity index (χ3v) is 4.29. The van der Waals surface area contributed by atoms with Crippen molar-refractivity contribution >= 4 is 38.7 Å². The van der Waals surface area contributed by atoms with Crippen LogP contribution in [0.15, 0.2) is 29.2 Å². The van der Waals surface area contributed by atoms with Crippen LogP contribution >= 0.6 is 22.6 Å². The largest absolute Gasteiger partial charge is 0.744 e. The van der Waals surface area contributed by atoms with E-state index in [1.807, 2.05) is 22.6 Å². The first-order chi connectivity index (χ1) is 11.0. The Morgan fingerprint density at radius 2 is 1.42 bits per heavy atom. The summed E-state index contributed by atoms with van der Waals surface area (Å²) in [4.78, 5) is 9.42. The first kappa shape index (κ1) is 18.6. The third kappa shape index (κ3) is 3.52. The fraction of sp³-hybridized carbons (Fsp3) is 0. The van der Waals surface area contributed by atoms with E-state index in [-0.39, 0.29) is 5.56 Å². The number of carbonyl (C=O) groups excluding carboxylic acids is 1. The Labute approximate surface area is 146 Å². The van der Waals surface area contributed by atoms with E-state index in [2.05, 4.69) is 4.74 Å². The van der Waals surface area contributed by atoms with Crippen molar-refractivity contribution in [3.05, 3.63) is 56.7 Å². The number of hydrogen-bond donors (Lipinski definition) is 0. The van der Waals surface area contributed by atoms with Gasteiger partial charge < -0.3 is 9.29 Å². The first-order valence-corrected chi connectivity index (χ1v) is 8.32. The summed E-state index contributed by atoms with van der Waals surface area (Å²) in [5, 5.41) is 0. The van der Waals surface area contributed by atoms with Crippen LogP contribution in [0.3, 0.4) is 0 Å². The lowest BCUT2D eigenvalue weighted by molar-refractivity contribution is 0.0716. The summed E-state index contributed by atoms with van der Waals surface area (Å²) in [7, 11) is -5.83. The second-order valence-electron chi connectivity index (χ2n) is 4.26. The Morgan fingerprint density at radius 1 is 0.958 bits per heavy atom. The highest BCUT2D eigenvalue weighted by atomic mass is 127. The van der Waals surface area contributed by atoms with Gasteiger partial charge in [-0.2, -0.15) is 8.78 Å². The molecule has 0 amide bonds. The van der Waals surface area contributed by atoms with Crippen LogP contribution < -0.4 is 4.74 Å². The molecule has 0 atom stereocenters. The van der Waals surface area contributed by atoms with Crippen LogP contribution in [0.1, 0.15) is 10.4 Å². The summed E-state index contributed by atoms with van der Waals surface area (Å²) in [5.41, 5.74) is -0.185. The van der Waals surface area contributed by atoms with Crippen molar-refractivity contribution in [1.29, 1.82) is 0 Å². The van der Waals surface area contributed by atoms with Crippen molar-refractivity contribution in [2.75, 3.05) is 0 Å². The Kier molecular flexibility index (Phi) is 5.15. The molecule has 2 aromatic rings. The standard InChI is InChI=1S/C13H5F4IO5S/c14-7-9(16)12(24(20,21)22)10(17)8(15)11(7)23-13(19)5-1-3-6(18)4-2-5/h1-4H,(H,20,21,22)/p-1. The number of halogens is 5. The highest BCUT2D eigenvalue weighted by Crippen LogP contribution is 2.32. The van der Waals surface area contributed by atoms with E-state index in [0.717, 1.165) is 3.57 Å². The molecule has 0 aromatic heterocycles. The molecule has 0 spiro atoms. The van der Waals surface area contributed by atoms with Gasteiger partial charge in [-0.15, -0.1) is 0 Å². The normalized spacial score (nSPS) is 11.4. The minimum Gasteiger partial charge on any atom is -0.744 e. The average Bonchev–Trinajstić information content (AvgIpc) is 2.49. The Balaban J connectivity index is 2.52. The van der Waals surface area contributed by atoms with Gasteiger partial charge >= 0.3 is 5.97 Å². The molecule has 0 saturated heterocycles. The van der Waals surface area contributed by atoms with E-state index in [9.17, 15) is 35.3 Å². The van der Waals surface area contributed by atoms with Crippen LogP contribution in [-0.2, 0) is 10.1 Å². The second-order valence-corrected chi connectivity index (χ2v) is 6.83. The zero-order chi connectivity index (χ0) is 18.2. The molecule has 0 N–H and O–H groups in total. The predicted octanol–water partition coefficient (Wildman–Crippen LogP) is 2.97.